The van der Waals surface area contributed by atoms with Crippen molar-refractivity contribution in [1.29, 1.82) is 0 Å². The van der Waals surface area contributed by atoms with Crippen LogP contribution >= 0.6 is 0 Å². The van der Waals surface area contributed by atoms with E-state index in [2.05, 4.69) is 41.2 Å². The van der Waals surface area contributed by atoms with Crippen LogP contribution in [0.1, 0.15) is 31.5 Å². The lowest BCUT2D eigenvalue weighted by molar-refractivity contribution is 0.408. The first-order valence-corrected chi connectivity index (χ1v) is 7.46. The molecule has 2 aliphatic rings. The molecule has 0 radical (unpaired) electrons. The molecule has 100 valence electrons. The summed E-state index contributed by atoms with van der Waals surface area (Å²) in [6.45, 7) is 0.906. The van der Waals surface area contributed by atoms with Crippen LogP contribution in [0.4, 0.5) is 0 Å². The average Bonchev–Trinajstić information content (AvgIpc) is 3.32. The second kappa shape index (κ2) is 4.34. The maximum absolute atomic E-state index is 4.74. The van der Waals surface area contributed by atoms with Crippen LogP contribution in [0.2, 0.25) is 0 Å². The van der Waals surface area contributed by atoms with Crippen LogP contribution in [-0.2, 0) is 13.6 Å². The molecular formula is C16H21N3. The van der Waals surface area contributed by atoms with Crippen molar-refractivity contribution < 1.29 is 0 Å². The van der Waals surface area contributed by atoms with Gasteiger partial charge in [-0.3, -0.25) is 0 Å². The van der Waals surface area contributed by atoms with Gasteiger partial charge in [-0.05, 0) is 49.7 Å². The summed E-state index contributed by atoms with van der Waals surface area (Å²) in [6.07, 6.45) is 5.71. The molecule has 3 nitrogen and oxygen atoms in total. The lowest BCUT2D eigenvalue weighted by Gasteiger charge is -2.17. The van der Waals surface area contributed by atoms with E-state index in [0.717, 1.165) is 35.8 Å². The Morgan fingerprint density at radius 2 is 1.89 bits per heavy atom. The molecule has 1 N–H and O–H groups in total. The molecule has 4 rings (SSSR count). The third kappa shape index (κ3) is 2.16. The van der Waals surface area contributed by atoms with Gasteiger partial charge in [0, 0.05) is 13.1 Å². The molecule has 1 aromatic heterocycles. The molecule has 0 aliphatic heterocycles. The molecular weight excluding hydrogens is 234 g/mol. The number of nitrogens with one attached hydrogen (secondary N) is 1. The number of hydrogen-bond donors (Lipinski definition) is 1. The Morgan fingerprint density at radius 1 is 1.21 bits per heavy atom. The van der Waals surface area contributed by atoms with Crippen LogP contribution in [0, 0.1) is 11.8 Å². The standard InChI is InChI=1S/C16H21N3/c1-19-14-5-3-2-4-13(14)18-15(19)10-17-16(11-6-7-11)12-8-9-12/h2-5,11-12,16-17H,6-10H2,1H3. The van der Waals surface area contributed by atoms with Crippen molar-refractivity contribution in [2.75, 3.05) is 0 Å². The fraction of sp³-hybridized carbons (Fsp3) is 0.562. The van der Waals surface area contributed by atoms with Gasteiger partial charge in [-0.25, -0.2) is 4.98 Å². The minimum atomic E-state index is 0.750. The Balaban J connectivity index is 1.52. The molecule has 2 aromatic rings. The largest absolute Gasteiger partial charge is 0.330 e. The maximum atomic E-state index is 4.74. The van der Waals surface area contributed by atoms with Crippen LogP contribution in [0.25, 0.3) is 11.0 Å². The predicted molar refractivity (Wildman–Crippen MR) is 76.8 cm³/mol. The summed E-state index contributed by atoms with van der Waals surface area (Å²) >= 11 is 0. The highest BCUT2D eigenvalue weighted by atomic mass is 15.1. The summed E-state index contributed by atoms with van der Waals surface area (Å²) in [5.74, 6) is 3.05. The van der Waals surface area contributed by atoms with Gasteiger partial charge in [-0.2, -0.15) is 0 Å². The first-order chi connectivity index (χ1) is 9.33. The quantitative estimate of drug-likeness (QED) is 0.890. The van der Waals surface area contributed by atoms with Crippen molar-refractivity contribution in [3.63, 3.8) is 0 Å². The third-order valence-corrected chi connectivity index (χ3v) is 4.64. The van der Waals surface area contributed by atoms with E-state index < -0.39 is 0 Å². The number of nitrogens with zero attached hydrogens (tertiary/aromatic N) is 2. The number of imidazole rings is 1. The molecule has 2 saturated carbocycles. The van der Waals surface area contributed by atoms with Gasteiger partial charge in [0.15, 0.2) is 0 Å². The second-order valence-corrected chi connectivity index (χ2v) is 6.16. The summed E-state index contributed by atoms with van der Waals surface area (Å²) in [7, 11) is 2.12. The molecule has 0 atom stereocenters. The van der Waals surface area contributed by atoms with Gasteiger partial charge >= 0.3 is 0 Å². The lowest BCUT2D eigenvalue weighted by Crippen LogP contribution is -2.33. The number of aryl methyl sites for hydroxylation is 1. The maximum Gasteiger partial charge on any atom is 0.123 e. The van der Waals surface area contributed by atoms with Crippen molar-refractivity contribution in [3.8, 4) is 0 Å². The van der Waals surface area contributed by atoms with Gasteiger partial charge in [-0.15, -0.1) is 0 Å². The summed E-state index contributed by atoms with van der Waals surface area (Å²) < 4.78 is 2.22. The minimum absolute atomic E-state index is 0.750. The molecule has 0 saturated heterocycles. The Hall–Kier alpha value is -1.35. The van der Waals surface area contributed by atoms with Gasteiger partial charge < -0.3 is 9.88 Å². The van der Waals surface area contributed by atoms with E-state index in [4.69, 9.17) is 4.98 Å². The van der Waals surface area contributed by atoms with Crippen LogP contribution < -0.4 is 5.32 Å². The molecule has 0 bridgehead atoms. The zero-order chi connectivity index (χ0) is 12.8. The fourth-order valence-corrected chi connectivity index (χ4v) is 3.19. The summed E-state index contributed by atoms with van der Waals surface area (Å²) in [5, 5.41) is 3.78. The SMILES string of the molecule is Cn1c(CNC(C2CC2)C2CC2)nc2ccccc21. The third-order valence-electron chi connectivity index (χ3n) is 4.64. The van der Waals surface area contributed by atoms with E-state index in [-0.39, 0.29) is 0 Å². The smallest absolute Gasteiger partial charge is 0.123 e. The molecule has 3 heteroatoms. The van der Waals surface area contributed by atoms with E-state index >= 15 is 0 Å². The molecule has 2 fully saturated rings. The molecule has 19 heavy (non-hydrogen) atoms. The summed E-state index contributed by atoms with van der Waals surface area (Å²) in [5.41, 5.74) is 2.34. The van der Waals surface area contributed by atoms with Crippen LogP contribution in [0.15, 0.2) is 24.3 Å². The predicted octanol–water partition coefficient (Wildman–Crippen LogP) is 2.85. The Morgan fingerprint density at radius 3 is 2.53 bits per heavy atom. The normalized spacial score (nSPS) is 19.5. The Bertz CT molecular complexity index is 581. The van der Waals surface area contributed by atoms with Gasteiger partial charge in [0.1, 0.15) is 5.82 Å². The van der Waals surface area contributed by atoms with Gasteiger partial charge in [-0.1, -0.05) is 12.1 Å². The minimum Gasteiger partial charge on any atom is -0.330 e. The van der Waals surface area contributed by atoms with Crippen molar-refractivity contribution >= 4 is 11.0 Å². The zero-order valence-corrected chi connectivity index (χ0v) is 11.5. The fourth-order valence-electron chi connectivity index (χ4n) is 3.19. The molecule has 0 spiro atoms. The first-order valence-electron chi connectivity index (χ1n) is 7.46. The highest BCUT2D eigenvalue weighted by Crippen LogP contribution is 2.44. The monoisotopic (exact) mass is 255 g/mol. The lowest BCUT2D eigenvalue weighted by atomic mass is 10.1. The molecule has 0 amide bonds. The van der Waals surface area contributed by atoms with E-state index in [1.165, 1.54) is 31.2 Å². The summed E-state index contributed by atoms with van der Waals surface area (Å²) in [4.78, 5) is 4.74. The van der Waals surface area contributed by atoms with Crippen LogP contribution in [0.3, 0.4) is 0 Å². The van der Waals surface area contributed by atoms with E-state index in [1.54, 1.807) is 0 Å². The van der Waals surface area contributed by atoms with Crippen LogP contribution in [-0.4, -0.2) is 15.6 Å². The zero-order valence-electron chi connectivity index (χ0n) is 11.5. The average molecular weight is 255 g/mol. The number of rotatable bonds is 5. The van der Waals surface area contributed by atoms with Crippen molar-refractivity contribution in [3.05, 3.63) is 30.1 Å². The first kappa shape index (κ1) is 11.5. The van der Waals surface area contributed by atoms with E-state index in [0.29, 0.717) is 0 Å². The molecule has 1 aromatic carbocycles. The molecule has 2 aliphatic carbocycles. The molecule has 1 heterocycles. The number of para-hydroxylation sites is 2. The number of benzene rings is 1. The summed E-state index contributed by atoms with van der Waals surface area (Å²) in [6, 6.07) is 9.13. The van der Waals surface area contributed by atoms with Crippen molar-refractivity contribution in [2.24, 2.45) is 18.9 Å². The van der Waals surface area contributed by atoms with Gasteiger partial charge in [0.25, 0.3) is 0 Å². The number of fused-ring (bicyclic) bond motifs is 1. The van der Waals surface area contributed by atoms with E-state index in [1.807, 2.05) is 0 Å². The number of aromatic nitrogens is 2. The van der Waals surface area contributed by atoms with Gasteiger partial charge in [0.2, 0.25) is 0 Å². The Kier molecular flexibility index (Phi) is 2.62. The highest BCUT2D eigenvalue weighted by molar-refractivity contribution is 5.75. The van der Waals surface area contributed by atoms with Crippen molar-refractivity contribution in [1.82, 2.24) is 14.9 Å². The second-order valence-electron chi connectivity index (χ2n) is 6.16. The van der Waals surface area contributed by atoms with Crippen molar-refractivity contribution in [2.45, 2.75) is 38.3 Å². The topological polar surface area (TPSA) is 29.9 Å². The molecule has 0 unspecified atom stereocenters. The van der Waals surface area contributed by atoms with E-state index in [9.17, 15) is 0 Å². The Labute approximate surface area is 114 Å². The highest BCUT2D eigenvalue weighted by Gasteiger charge is 2.41. The number of hydrogen-bond acceptors (Lipinski definition) is 2. The van der Waals surface area contributed by atoms with Gasteiger partial charge in [0.05, 0.1) is 17.6 Å². The van der Waals surface area contributed by atoms with Crippen LogP contribution in [0.5, 0.6) is 0 Å².